The molecule has 0 amide bonds. The summed E-state index contributed by atoms with van der Waals surface area (Å²) < 4.78 is 5.57. The van der Waals surface area contributed by atoms with Crippen LogP contribution in [-0.4, -0.2) is 29.6 Å². The van der Waals surface area contributed by atoms with E-state index in [1.54, 1.807) is 7.11 Å². The van der Waals surface area contributed by atoms with Crippen LogP contribution >= 0.6 is 23.5 Å². The molecule has 1 aliphatic heterocycles. The van der Waals surface area contributed by atoms with Gasteiger partial charge in [0.1, 0.15) is 5.75 Å². The Morgan fingerprint density at radius 1 is 1.33 bits per heavy atom. The van der Waals surface area contributed by atoms with Crippen LogP contribution in [-0.2, 0) is 0 Å². The van der Waals surface area contributed by atoms with Gasteiger partial charge in [-0.15, -0.1) is 0 Å². The van der Waals surface area contributed by atoms with Crippen LogP contribution in [0.3, 0.4) is 0 Å². The van der Waals surface area contributed by atoms with Gasteiger partial charge in [0.2, 0.25) is 0 Å². The Morgan fingerprint density at radius 2 is 2.11 bits per heavy atom. The molecule has 1 aromatic rings. The summed E-state index contributed by atoms with van der Waals surface area (Å²) in [5.41, 5.74) is 10.1. The number of benzene rings is 1. The number of hydrogen-bond donors (Lipinski definition) is 1. The van der Waals surface area contributed by atoms with Gasteiger partial charge in [-0.3, -0.25) is 0 Å². The van der Waals surface area contributed by atoms with Crippen LogP contribution in [0.25, 0.3) is 0 Å². The molecule has 1 aromatic carbocycles. The first-order valence-electron chi connectivity index (χ1n) is 6.24. The molecule has 2 atom stereocenters. The molecule has 2 nitrogen and oxygen atoms in total. The van der Waals surface area contributed by atoms with Gasteiger partial charge in [-0.2, -0.15) is 23.5 Å². The van der Waals surface area contributed by atoms with Crippen molar-refractivity contribution in [3.05, 3.63) is 28.8 Å². The number of aryl methyl sites for hydroxylation is 1. The van der Waals surface area contributed by atoms with Gasteiger partial charge in [-0.1, -0.05) is 12.1 Å². The Hall–Kier alpha value is -0.320. The van der Waals surface area contributed by atoms with Crippen LogP contribution in [0.2, 0.25) is 0 Å². The van der Waals surface area contributed by atoms with E-state index in [2.05, 4.69) is 26.0 Å². The molecule has 0 saturated carbocycles. The molecule has 4 heteroatoms. The number of hydrogen-bond acceptors (Lipinski definition) is 4. The molecule has 0 spiro atoms. The maximum absolute atomic E-state index is 6.45. The molecule has 0 radical (unpaired) electrons. The van der Waals surface area contributed by atoms with Gasteiger partial charge >= 0.3 is 0 Å². The van der Waals surface area contributed by atoms with Gasteiger partial charge in [0.05, 0.1) is 7.11 Å². The Bertz CT molecular complexity index is 417. The van der Waals surface area contributed by atoms with E-state index in [1.807, 2.05) is 23.5 Å². The fourth-order valence-corrected chi connectivity index (χ4v) is 5.05. The summed E-state index contributed by atoms with van der Waals surface area (Å²) in [4.78, 5) is 0. The highest BCUT2D eigenvalue weighted by atomic mass is 32.2. The van der Waals surface area contributed by atoms with Crippen molar-refractivity contribution < 1.29 is 4.74 Å². The zero-order valence-electron chi connectivity index (χ0n) is 11.2. The van der Waals surface area contributed by atoms with Gasteiger partial charge in [-0.25, -0.2) is 0 Å². The largest absolute Gasteiger partial charge is 0.496 e. The van der Waals surface area contributed by atoms with Gasteiger partial charge in [0, 0.05) is 34.1 Å². The van der Waals surface area contributed by atoms with Crippen molar-refractivity contribution in [1.29, 1.82) is 0 Å². The van der Waals surface area contributed by atoms with Crippen LogP contribution in [0.1, 0.15) is 22.7 Å². The lowest BCUT2D eigenvalue weighted by atomic mass is 9.98. The maximum atomic E-state index is 6.45. The van der Waals surface area contributed by atoms with Gasteiger partial charge in [0.25, 0.3) is 0 Å². The lowest BCUT2D eigenvalue weighted by molar-refractivity contribution is 0.402. The van der Waals surface area contributed by atoms with E-state index in [9.17, 15) is 0 Å². The van der Waals surface area contributed by atoms with Crippen molar-refractivity contribution in [2.45, 2.75) is 25.1 Å². The lowest BCUT2D eigenvalue weighted by Gasteiger charge is -2.28. The molecule has 0 aromatic heterocycles. The third kappa shape index (κ3) is 2.81. The van der Waals surface area contributed by atoms with Crippen molar-refractivity contribution in [3.63, 3.8) is 0 Å². The van der Waals surface area contributed by atoms with Crippen LogP contribution in [0.15, 0.2) is 12.1 Å². The molecule has 1 aliphatic rings. The zero-order chi connectivity index (χ0) is 13.1. The molecule has 0 aliphatic carbocycles. The highest BCUT2D eigenvalue weighted by molar-refractivity contribution is 8.06. The second-order valence-electron chi connectivity index (χ2n) is 4.64. The highest BCUT2D eigenvalue weighted by Crippen LogP contribution is 2.37. The summed E-state index contributed by atoms with van der Waals surface area (Å²) in [6.45, 7) is 4.21. The molecule has 1 heterocycles. The van der Waals surface area contributed by atoms with E-state index in [1.165, 1.54) is 22.6 Å². The standard InChI is InChI=1S/C14H21NOS2/c1-9-4-5-11(14(16-3)10(9)2)13(15)12-8-17-6-7-18-12/h4-5,12-13H,6-8,15H2,1-3H3. The topological polar surface area (TPSA) is 35.2 Å². The van der Waals surface area contributed by atoms with Crippen molar-refractivity contribution in [2.24, 2.45) is 5.73 Å². The molecular weight excluding hydrogens is 262 g/mol. The summed E-state index contributed by atoms with van der Waals surface area (Å²) in [5, 5.41) is 0.500. The molecule has 2 N–H and O–H groups in total. The third-order valence-electron chi connectivity index (χ3n) is 3.51. The van der Waals surface area contributed by atoms with E-state index in [4.69, 9.17) is 10.5 Å². The molecule has 0 bridgehead atoms. The monoisotopic (exact) mass is 283 g/mol. The zero-order valence-corrected chi connectivity index (χ0v) is 12.9. The Labute approximate surface area is 118 Å². The first-order valence-corrected chi connectivity index (χ1v) is 8.44. The summed E-state index contributed by atoms with van der Waals surface area (Å²) in [6, 6.07) is 4.34. The summed E-state index contributed by atoms with van der Waals surface area (Å²) in [7, 11) is 1.74. The van der Waals surface area contributed by atoms with E-state index in [0.29, 0.717) is 5.25 Å². The number of nitrogens with two attached hydrogens (primary N) is 1. The minimum atomic E-state index is 0.0667. The molecule has 18 heavy (non-hydrogen) atoms. The number of methoxy groups -OCH3 is 1. The third-order valence-corrected chi connectivity index (χ3v) is 6.40. The molecular formula is C14H21NOS2. The summed E-state index contributed by atoms with van der Waals surface area (Å²) in [6.07, 6.45) is 0. The van der Waals surface area contributed by atoms with E-state index in [-0.39, 0.29) is 6.04 Å². The Kier molecular flexibility index (Phi) is 4.87. The van der Waals surface area contributed by atoms with Crippen molar-refractivity contribution in [3.8, 4) is 5.75 Å². The first-order chi connectivity index (χ1) is 8.65. The van der Waals surface area contributed by atoms with Gasteiger partial charge in [-0.05, 0) is 25.0 Å². The molecule has 1 saturated heterocycles. The van der Waals surface area contributed by atoms with E-state index >= 15 is 0 Å². The fraction of sp³-hybridized carbons (Fsp3) is 0.571. The Balaban J connectivity index is 2.28. The van der Waals surface area contributed by atoms with Crippen LogP contribution < -0.4 is 10.5 Å². The van der Waals surface area contributed by atoms with Crippen LogP contribution in [0.4, 0.5) is 0 Å². The molecule has 1 fully saturated rings. The van der Waals surface area contributed by atoms with E-state index < -0.39 is 0 Å². The minimum absolute atomic E-state index is 0.0667. The first kappa shape index (κ1) is 14.1. The normalized spacial score (nSPS) is 21.7. The Morgan fingerprint density at radius 3 is 2.72 bits per heavy atom. The predicted octanol–water partition coefficient (Wildman–Crippen LogP) is 3.16. The fourth-order valence-electron chi connectivity index (χ4n) is 2.26. The summed E-state index contributed by atoms with van der Waals surface area (Å²) >= 11 is 4.00. The SMILES string of the molecule is COc1c(C(N)C2CSCCS2)ccc(C)c1C. The maximum Gasteiger partial charge on any atom is 0.126 e. The highest BCUT2D eigenvalue weighted by Gasteiger charge is 2.25. The van der Waals surface area contributed by atoms with E-state index in [0.717, 1.165) is 17.1 Å². The summed E-state index contributed by atoms with van der Waals surface area (Å²) in [5.74, 6) is 4.56. The number of thioether (sulfide) groups is 2. The van der Waals surface area contributed by atoms with Crippen LogP contribution in [0, 0.1) is 13.8 Å². The van der Waals surface area contributed by atoms with Crippen molar-refractivity contribution in [1.82, 2.24) is 0 Å². The van der Waals surface area contributed by atoms with Crippen molar-refractivity contribution in [2.75, 3.05) is 24.4 Å². The lowest BCUT2D eigenvalue weighted by Crippen LogP contribution is -2.29. The molecule has 2 rings (SSSR count). The quantitative estimate of drug-likeness (QED) is 0.924. The number of ether oxygens (including phenoxy) is 1. The predicted molar refractivity (Wildman–Crippen MR) is 83.0 cm³/mol. The molecule has 100 valence electrons. The number of rotatable bonds is 3. The second-order valence-corrected chi connectivity index (χ2v) is 7.14. The average Bonchev–Trinajstić information content (AvgIpc) is 2.42. The van der Waals surface area contributed by atoms with Gasteiger partial charge in [0.15, 0.2) is 0 Å². The average molecular weight is 283 g/mol. The van der Waals surface area contributed by atoms with Gasteiger partial charge < -0.3 is 10.5 Å². The molecule has 2 unspecified atom stereocenters. The van der Waals surface area contributed by atoms with Crippen molar-refractivity contribution >= 4 is 23.5 Å². The second kappa shape index (κ2) is 6.22. The van der Waals surface area contributed by atoms with Crippen LogP contribution in [0.5, 0.6) is 5.75 Å². The minimum Gasteiger partial charge on any atom is -0.496 e. The smallest absolute Gasteiger partial charge is 0.126 e.